The summed E-state index contributed by atoms with van der Waals surface area (Å²) in [5.74, 6) is 1.50. The molecule has 0 aliphatic carbocycles. The molecule has 86 valence electrons. The van der Waals surface area contributed by atoms with E-state index in [0.29, 0.717) is 17.7 Å². The summed E-state index contributed by atoms with van der Waals surface area (Å²) in [6.45, 7) is 13.2. The molecule has 1 atom stereocenters. The van der Waals surface area contributed by atoms with Crippen molar-refractivity contribution in [3.05, 3.63) is 11.3 Å². The van der Waals surface area contributed by atoms with Gasteiger partial charge >= 0.3 is 0 Å². The third kappa shape index (κ3) is 2.33. The molecule has 15 heavy (non-hydrogen) atoms. The molecule has 3 nitrogen and oxygen atoms in total. The minimum atomic E-state index is 0.225. The molecule has 0 bridgehead atoms. The van der Waals surface area contributed by atoms with Crippen LogP contribution >= 0.6 is 0 Å². The number of hydrogen-bond donors (Lipinski definition) is 2. The molecular weight excluding hydrogens is 186 g/mol. The van der Waals surface area contributed by atoms with Gasteiger partial charge in [-0.2, -0.15) is 5.10 Å². The monoisotopic (exact) mass is 209 g/mol. The number of aromatic amines is 1. The molecule has 3 N–H and O–H groups in total. The molecule has 0 saturated heterocycles. The maximum atomic E-state index is 5.88. The highest BCUT2D eigenvalue weighted by molar-refractivity contribution is 5.45. The fraction of sp³-hybridized carbons (Fsp3) is 0.750. The maximum absolute atomic E-state index is 5.88. The Morgan fingerprint density at radius 1 is 1.20 bits per heavy atom. The van der Waals surface area contributed by atoms with E-state index in [1.807, 2.05) is 0 Å². The van der Waals surface area contributed by atoms with Crippen molar-refractivity contribution in [2.45, 2.75) is 53.4 Å². The number of hydrogen-bond acceptors (Lipinski definition) is 2. The smallest absolute Gasteiger partial charge is 0.148 e. The molecule has 0 aliphatic heterocycles. The van der Waals surface area contributed by atoms with Crippen molar-refractivity contribution in [3.8, 4) is 0 Å². The lowest BCUT2D eigenvalue weighted by molar-refractivity contribution is 0.332. The van der Waals surface area contributed by atoms with E-state index >= 15 is 0 Å². The molecule has 0 fully saturated rings. The number of aromatic nitrogens is 2. The normalized spacial score (nSPS) is 14.6. The van der Waals surface area contributed by atoms with E-state index in [2.05, 4.69) is 51.7 Å². The topological polar surface area (TPSA) is 54.7 Å². The van der Waals surface area contributed by atoms with Crippen molar-refractivity contribution in [2.75, 3.05) is 5.73 Å². The Hall–Kier alpha value is -0.990. The first kappa shape index (κ1) is 12.1. The quantitative estimate of drug-likeness (QED) is 0.785. The lowest BCUT2D eigenvalue weighted by atomic mass is 9.78. The van der Waals surface area contributed by atoms with Crippen LogP contribution < -0.4 is 5.73 Å². The van der Waals surface area contributed by atoms with Gasteiger partial charge in [0.15, 0.2) is 0 Å². The highest BCUT2D eigenvalue weighted by atomic mass is 15.2. The van der Waals surface area contributed by atoms with E-state index in [1.54, 1.807) is 0 Å². The van der Waals surface area contributed by atoms with E-state index < -0.39 is 0 Å². The molecule has 0 spiro atoms. The van der Waals surface area contributed by atoms with Crippen LogP contribution in [0.15, 0.2) is 0 Å². The van der Waals surface area contributed by atoms with Crippen molar-refractivity contribution in [3.63, 3.8) is 0 Å². The summed E-state index contributed by atoms with van der Waals surface area (Å²) in [6.07, 6.45) is 0. The third-order valence-corrected chi connectivity index (χ3v) is 3.17. The zero-order chi connectivity index (χ0) is 11.8. The van der Waals surface area contributed by atoms with Crippen LogP contribution in [-0.4, -0.2) is 10.2 Å². The summed E-state index contributed by atoms with van der Waals surface area (Å²) in [5.41, 5.74) is 8.47. The molecule has 0 aromatic carbocycles. The third-order valence-electron chi connectivity index (χ3n) is 3.17. The molecule has 3 heteroatoms. The average Bonchev–Trinajstić information content (AvgIpc) is 2.43. The molecule has 1 aromatic rings. The molecule has 0 amide bonds. The van der Waals surface area contributed by atoms with E-state index in [4.69, 9.17) is 5.73 Å². The number of H-pyrrole nitrogens is 1. The van der Waals surface area contributed by atoms with Gasteiger partial charge in [-0.05, 0) is 11.3 Å². The SMILES string of the molecule is CC(C)c1c(N)n[nH]c1C(C)C(C)(C)C. The summed E-state index contributed by atoms with van der Waals surface area (Å²) in [5, 5.41) is 7.21. The molecule has 1 unspecified atom stereocenters. The van der Waals surface area contributed by atoms with E-state index in [9.17, 15) is 0 Å². The highest BCUT2D eigenvalue weighted by Crippen LogP contribution is 2.38. The van der Waals surface area contributed by atoms with Crippen LogP contribution in [0.25, 0.3) is 0 Å². The predicted octanol–water partition coefficient (Wildman–Crippen LogP) is 3.26. The zero-order valence-electron chi connectivity index (χ0n) is 10.7. The summed E-state index contributed by atoms with van der Waals surface area (Å²) in [7, 11) is 0. The van der Waals surface area contributed by atoms with Gasteiger partial charge in [-0.25, -0.2) is 0 Å². The van der Waals surface area contributed by atoms with Gasteiger partial charge in [0.1, 0.15) is 5.82 Å². The summed E-state index contributed by atoms with van der Waals surface area (Å²) < 4.78 is 0. The first-order valence-corrected chi connectivity index (χ1v) is 5.58. The number of rotatable bonds is 2. The van der Waals surface area contributed by atoms with Gasteiger partial charge in [0.05, 0.1) is 0 Å². The Kier molecular flexibility index (Phi) is 3.12. The summed E-state index contributed by atoms with van der Waals surface area (Å²) >= 11 is 0. The lowest BCUT2D eigenvalue weighted by Crippen LogP contribution is -2.17. The van der Waals surface area contributed by atoms with Gasteiger partial charge in [-0.15, -0.1) is 0 Å². The van der Waals surface area contributed by atoms with Crippen LogP contribution in [0, 0.1) is 5.41 Å². The molecule has 1 heterocycles. The summed E-state index contributed by atoms with van der Waals surface area (Å²) in [4.78, 5) is 0. The van der Waals surface area contributed by atoms with Gasteiger partial charge in [-0.1, -0.05) is 41.5 Å². The average molecular weight is 209 g/mol. The van der Waals surface area contributed by atoms with Crippen molar-refractivity contribution < 1.29 is 0 Å². The Labute approximate surface area is 92.5 Å². The van der Waals surface area contributed by atoms with Crippen LogP contribution in [0.5, 0.6) is 0 Å². The second kappa shape index (κ2) is 3.87. The molecule has 0 aliphatic rings. The van der Waals surface area contributed by atoms with Crippen molar-refractivity contribution in [1.29, 1.82) is 0 Å². The van der Waals surface area contributed by atoms with Crippen molar-refractivity contribution in [2.24, 2.45) is 5.41 Å². The van der Waals surface area contributed by atoms with E-state index in [1.165, 1.54) is 11.3 Å². The second-order valence-corrected chi connectivity index (χ2v) is 5.68. The van der Waals surface area contributed by atoms with E-state index in [0.717, 1.165) is 0 Å². The molecule has 1 aromatic heterocycles. The van der Waals surface area contributed by atoms with E-state index in [-0.39, 0.29) is 5.41 Å². The van der Waals surface area contributed by atoms with Crippen LogP contribution in [-0.2, 0) is 0 Å². The Balaban J connectivity index is 3.15. The fourth-order valence-electron chi connectivity index (χ4n) is 1.75. The Morgan fingerprint density at radius 3 is 2.13 bits per heavy atom. The molecule has 0 radical (unpaired) electrons. The summed E-state index contributed by atoms with van der Waals surface area (Å²) in [6, 6.07) is 0. The van der Waals surface area contributed by atoms with Crippen LogP contribution in [0.2, 0.25) is 0 Å². The van der Waals surface area contributed by atoms with Crippen LogP contribution in [0.1, 0.15) is 64.6 Å². The lowest BCUT2D eigenvalue weighted by Gasteiger charge is -2.27. The fourth-order valence-corrected chi connectivity index (χ4v) is 1.75. The number of anilines is 1. The Morgan fingerprint density at radius 2 is 1.73 bits per heavy atom. The standard InChI is InChI=1S/C12H23N3/c1-7(2)9-10(14-15-11(9)13)8(3)12(4,5)6/h7-8H,1-6H3,(H3,13,14,15). The minimum absolute atomic E-state index is 0.225. The van der Waals surface area contributed by atoms with Gasteiger partial charge in [0.2, 0.25) is 0 Å². The first-order chi connectivity index (χ1) is 6.75. The molecule has 0 saturated carbocycles. The van der Waals surface area contributed by atoms with Crippen LogP contribution in [0.4, 0.5) is 5.82 Å². The second-order valence-electron chi connectivity index (χ2n) is 5.68. The van der Waals surface area contributed by atoms with Crippen LogP contribution in [0.3, 0.4) is 0 Å². The highest BCUT2D eigenvalue weighted by Gasteiger charge is 2.27. The molecule has 1 rings (SSSR count). The van der Waals surface area contributed by atoms with Gasteiger partial charge in [-0.3, -0.25) is 5.10 Å². The zero-order valence-corrected chi connectivity index (χ0v) is 10.7. The van der Waals surface area contributed by atoms with Gasteiger partial charge in [0.25, 0.3) is 0 Å². The van der Waals surface area contributed by atoms with Crippen molar-refractivity contribution >= 4 is 5.82 Å². The van der Waals surface area contributed by atoms with Gasteiger partial charge < -0.3 is 5.73 Å². The molecular formula is C12H23N3. The van der Waals surface area contributed by atoms with Gasteiger partial charge in [0, 0.05) is 17.2 Å². The number of nitrogens with zero attached hydrogens (tertiary/aromatic N) is 1. The number of nitrogens with two attached hydrogens (primary N) is 1. The largest absolute Gasteiger partial charge is 0.382 e. The Bertz CT molecular complexity index is 331. The predicted molar refractivity (Wildman–Crippen MR) is 65.0 cm³/mol. The van der Waals surface area contributed by atoms with Crippen molar-refractivity contribution in [1.82, 2.24) is 10.2 Å². The maximum Gasteiger partial charge on any atom is 0.148 e. The number of nitrogens with one attached hydrogen (secondary N) is 1. The first-order valence-electron chi connectivity index (χ1n) is 5.58. The number of nitrogen functional groups attached to an aromatic ring is 1. The minimum Gasteiger partial charge on any atom is -0.382 e.